The average Bonchev–Trinajstić information content (AvgIpc) is 2.26. The SMILES string of the molecule is CC1(C)COC(=O)N[C@H]1c1cc(F)ccc1Cl.Cl. The standard InChI is InChI=1S/C12H13ClFNO2.ClH/c1-12(2)6-17-11(16)15-10(12)8-5-7(14)3-4-9(8)13;/h3-5,10H,6H2,1-2H3,(H,15,16);1H/t10-;/m0./s1. The summed E-state index contributed by atoms with van der Waals surface area (Å²) in [6.45, 7) is 4.13. The second kappa shape index (κ2) is 5.33. The fraction of sp³-hybridized carbons (Fsp3) is 0.417. The second-order valence-electron chi connectivity index (χ2n) is 4.81. The molecule has 2 rings (SSSR count). The van der Waals surface area contributed by atoms with E-state index in [0.29, 0.717) is 10.6 Å². The number of halogens is 3. The summed E-state index contributed by atoms with van der Waals surface area (Å²) in [5, 5.41) is 3.12. The van der Waals surface area contributed by atoms with E-state index in [4.69, 9.17) is 16.3 Å². The van der Waals surface area contributed by atoms with Crippen LogP contribution in [0.2, 0.25) is 5.02 Å². The number of cyclic esters (lactones) is 1. The van der Waals surface area contributed by atoms with E-state index in [2.05, 4.69) is 5.32 Å². The zero-order valence-corrected chi connectivity index (χ0v) is 11.6. The van der Waals surface area contributed by atoms with Crippen LogP contribution in [0.5, 0.6) is 0 Å². The molecule has 1 heterocycles. The van der Waals surface area contributed by atoms with Gasteiger partial charge in [0.1, 0.15) is 12.4 Å². The average molecular weight is 294 g/mol. The molecule has 1 fully saturated rings. The van der Waals surface area contributed by atoms with E-state index < -0.39 is 6.09 Å². The highest BCUT2D eigenvalue weighted by Crippen LogP contribution is 2.39. The maximum Gasteiger partial charge on any atom is 0.407 e. The van der Waals surface area contributed by atoms with Crippen molar-refractivity contribution in [3.8, 4) is 0 Å². The number of carbonyl (C=O) groups is 1. The van der Waals surface area contributed by atoms with Gasteiger partial charge in [0.15, 0.2) is 0 Å². The monoisotopic (exact) mass is 293 g/mol. The Morgan fingerprint density at radius 2 is 2.17 bits per heavy atom. The van der Waals surface area contributed by atoms with Crippen molar-refractivity contribution in [1.29, 1.82) is 0 Å². The number of rotatable bonds is 1. The fourth-order valence-corrected chi connectivity index (χ4v) is 2.15. The van der Waals surface area contributed by atoms with Gasteiger partial charge in [0.2, 0.25) is 0 Å². The Morgan fingerprint density at radius 1 is 1.50 bits per heavy atom. The molecule has 6 heteroatoms. The summed E-state index contributed by atoms with van der Waals surface area (Å²) in [7, 11) is 0. The van der Waals surface area contributed by atoms with Gasteiger partial charge >= 0.3 is 6.09 Å². The largest absolute Gasteiger partial charge is 0.449 e. The van der Waals surface area contributed by atoms with Crippen molar-refractivity contribution in [3.63, 3.8) is 0 Å². The molecule has 3 nitrogen and oxygen atoms in total. The number of hydrogen-bond donors (Lipinski definition) is 1. The quantitative estimate of drug-likeness (QED) is 0.857. The van der Waals surface area contributed by atoms with E-state index in [-0.39, 0.29) is 36.3 Å². The molecule has 1 atom stereocenters. The molecule has 100 valence electrons. The van der Waals surface area contributed by atoms with Crippen LogP contribution in [-0.4, -0.2) is 12.7 Å². The van der Waals surface area contributed by atoms with Gasteiger partial charge in [-0.15, -0.1) is 12.4 Å². The van der Waals surface area contributed by atoms with Crippen LogP contribution < -0.4 is 5.32 Å². The smallest absolute Gasteiger partial charge is 0.407 e. The van der Waals surface area contributed by atoms with Crippen LogP contribution in [0.1, 0.15) is 25.5 Å². The van der Waals surface area contributed by atoms with Crippen molar-refractivity contribution in [3.05, 3.63) is 34.6 Å². The Morgan fingerprint density at radius 3 is 2.83 bits per heavy atom. The predicted octanol–water partition coefficient (Wildman–Crippen LogP) is 3.71. The number of ether oxygens (including phenoxy) is 1. The first kappa shape index (κ1) is 15.1. The van der Waals surface area contributed by atoms with Gasteiger partial charge in [0.05, 0.1) is 6.04 Å². The predicted molar refractivity (Wildman–Crippen MR) is 69.7 cm³/mol. The molecule has 0 unspecified atom stereocenters. The van der Waals surface area contributed by atoms with Gasteiger partial charge in [0, 0.05) is 10.4 Å². The normalized spacial score (nSPS) is 21.6. The lowest BCUT2D eigenvalue weighted by Crippen LogP contribution is -2.47. The zero-order chi connectivity index (χ0) is 12.6. The van der Waals surface area contributed by atoms with Gasteiger partial charge in [-0.25, -0.2) is 9.18 Å². The molecular formula is C12H14Cl2FNO2. The summed E-state index contributed by atoms with van der Waals surface area (Å²) in [6.07, 6.45) is -0.505. The van der Waals surface area contributed by atoms with Crippen LogP contribution in [0, 0.1) is 11.2 Å². The van der Waals surface area contributed by atoms with Crippen LogP contribution in [0.4, 0.5) is 9.18 Å². The number of benzene rings is 1. The number of hydrogen-bond acceptors (Lipinski definition) is 2. The Balaban J connectivity index is 0.00000162. The minimum Gasteiger partial charge on any atom is -0.449 e. The summed E-state index contributed by atoms with van der Waals surface area (Å²) in [5.41, 5.74) is 0.235. The second-order valence-corrected chi connectivity index (χ2v) is 5.22. The van der Waals surface area contributed by atoms with Gasteiger partial charge < -0.3 is 10.1 Å². The Bertz CT molecular complexity index is 465. The van der Waals surface area contributed by atoms with Crippen LogP contribution >= 0.6 is 24.0 Å². The van der Waals surface area contributed by atoms with E-state index in [0.717, 1.165) is 0 Å². The summed E-state index contributed by atoms with van der Waals surface area (Å²) in [5.74, 6) is -0.374. The topological polar surface area (TPSA) is 38.3 Å². The highest BCUT2D eigenvalue weighted by Gasteiger charge is 2.38. The van der Waals surface area contributed by atoms with Crippen molar-refractivity contribution >= 4 is 30.1 Å². The lowest BCUT2D eigenvalue weighted by Gasteiger charge is -2.38. The van der Waals surface area contributed by atoms with Gasteiger partial charge in [-0.1, -0.05) is 25.4 Å². The number of amides is 1. The van der Waals surface area contributed by atoms with E-state index in [1.807, 2.05) is 13.8 Å². The first-order valence-electron chi connectivity index (χ1n) is 5.28. The van der Waals surface area contributed by atoms with Gasteiger partial charge in [0.25, 0.3) is 0 Å². The Labute approximate surface area is 116 Å². The van der Waals surface area contributed by atoms with Crippen LogP contribution in [0.25, 0.3) is 0 Å². The highest BCUT2D eigenvalue weighted by molar-refractivity contribution is 6.31. The summed E-state index contributed by atoms with van der Waals surface area (Å²) < 4.78 is 18.2. The molecule has 0 aromatic heterocycles. The molecule has 1 aliphatic rings. The molecular weight excluding hydrogens is 280 g/mol. The molecule has 0 spiro atoms. The van der Waals surface area contributed by atoms with Crippen molar-refractivity contribution in [2.75, 3.05) is 6.61 Å². The lowest BCUT2D eigenvalue weighted by atomic mass is 9.80. The van der Waals surface area contributed by atoms with Crippen molar-refractivity contribution < 1.29 is 13.9 Å². The third-order valence-corrected chi connectivity index (χ3v) is 3.23. The summed E-state index contributed by atoms with van der Waals surface area (Å²) >= 11 is 6.05. The lowest BCUT2D eigenvalue weighted by molar-refractivity contribution is 0.0387. The summed E-state index contributed by atoms with van der Waals surface area (Å²) in [4.78, 5) is 11.3. The van der Waals surface area contributed by atoms with Crippen molar-refractivity contribution in [2.24, 2.45) is 5.41 Å². The molecule has 0 aliphatic carbocycles. The molecule has 1 saturated heterocycles. The first-order chi connectivity index (χ1) is 7.90. The van der Waals surface area contributed by atoms with Crippen molar-refractivity contribution in [2.45, 2.75) is 19.9 Å². The Kier molecular flexibility index (Phi) is 4.46. The maximum absolute atomic E-state index is 13.2. The summed E-state index contributed by atoms with van der Waals surface area (Å²) in [6, 6.07) is 3.77. The van der Waals surface area contributed by atoms with E-state index in [1.54, 1.807) is 0 Å². The minimum atomic E-state index is -0.505. The molecule has 1 aliphatic heterocycles. The highest BCUT2D eigenvalue weighted by atomic mass is 35.5. The molecule has 1 aromatic rings. The number of alkyl carbamates (subject to hydrolysis) is 1. The maximum atomic E-state index is 13.2. The Hall–Kier alpha value is -1.00. The van der Waals surface area contributed by atoms with E-state index in [9.17, 15) is 9.18 Å². The van der Waals surface area contributed by atoms with E-state index >= 15 is 0 Å². The number of carbonyl (C=O) groups excluding carboxylic acids is 1. The molecule has 0 saturated carbocycles. The van der Waals surface area contributed by atoms with Crippen LogP contribution in [-0.2, 0) is 4.74 Å². The first-order valence-corrected chi connectivity index (χ1v) is 5.66. The molecule has 18 heavy (non-hydrogen) atoms. The molecule has 1 aromatic carbocycles. The van der Waals surface area contributed by atoms with Crippen LogP contribution in [0.15, 0.2) is 18.2 Å². The number of nitrogens with one attached hydrogen (secondary N) is 1. The molecule has 0 radical (unpaired) electrons. The molecule has 1 amide bonds. The van der Waals surface area contributed by atoms with Gasteiger partial charge in [-0.2, -0.15) is 0 Å². The zero-order valence-electron chi connectivity index (χ0n) is 10.00. The van der Waals surface area contributed by atoms with Crippen molar-refractivity contribution in [1.82, 2.24) is 5.32 Å². The van der Waals surface area contributed by atoms with Gasteiger partial charge in [-0.3, -0.25) is 0 Å². The third-order valence-electron chi connectivity index (χ3n) is 2.89. The fourth-order valence-electron chi connectivity index (χ4n) is 1.92. The van der Waals surface area contributed by atoms with Crippen LogP contribution in [0.3, 0.4) is 0 Å². The van der Waals surface area contributed by atoms with Gasteiger partial charge in [-0.05, 0) is 23.8 Å². The van der Waals surface area contributed by atoms with E-state index in [1.165, 1.54) is 18.2 Å². The minimum absolute atomic E-state index is 0. The third kappa shape index (κ3) is 2.87. The molecule has 1 N–H and O–H groups in total. The molecule has 0 bridgehead atoms.